The molecule has 2 N–H and O–H groups in total. The van der Waals surface area contributed by atoms with E-state index in [2.05, 4.69) is 11.1 Å². The van der Waals surface area contributed by atoms with Crippen molar-refractivity contribution in [3.63, 3.8) is 0 Å². The number of aromatic nitrogens is 1. The number of hydrogen-bond donors (Lipinski definition) is 2. The lowest BCUT2D eigenvalue weighted by Gasteiger charge is -2.36. The summed E-state index contributed by atoms with van der Waals surface area (Å²) in [4.78, 5) is 17.8. The van der Waals surface area contributed by atoms with E-state index in [-0.39, 0.29) is 23.9 Å². The number of nitrogens with one attached hydrogen (secondary N) is 1. The standard InChI is InChI=1S/C21H20N2O5/c1-26-16-7-11(8-17(27-2)20(16)24)19-18-14(9-12-10-28-21(25)23(12)19)13-5-3-4-6-15(13)22-18/h3-8,12,19,22,24H,9-10H2,1-2H3/t12?,19-/m1/s1. The number of H-pyrrole nitrogens is 1. The molecule has 5 rings (SSSR count). The van der Waals surface area contributed by atoms with Gasteiger partial charge in [-0.15, -0.1) is 0 Å². The van der Waals surface area contributed by atoms with Crippen molar-refractivity contribution in [1.29, 1.82) is 0 Å². The molecule has 0 aliphatic carbocycles. The average Bonchev–Trinajstić information content (AvgIpc) is 3.27. The van der Waals surface area contributed by atoms with Gasteiger partial charge in [0.15, 0.2) is 11.5 Å². The van der Waals surface area contributed by atoms with Crippen LogP contribution in [0.25, 0.3) is 10.9 Å². The zero-order valence-electron chi connectivity index (χ0n) is 15.6. The van der Waals surface area contributed by atoms with E-state index in [0.29, 0.717) is 18.1 Å². The van der Waals surface area contributed by atoms with Crippen molar-refractivity contribution in [2.75, 3.05) is 20.8 Å². The van der Waals surface area contributed by atoms with Gasteiger partial charge in [-0.3, -0.25) is 4.90 Å². The number of para-hydroxylation sites is 1. The number of aromatic amines is 1. The third-order valence-corrected chi connectivity index (χ3v) is 5.66. The van der Waals surface area contributed by atoms with Crippen LogP contribution in [0.15, 0.2) is 36.4 Å². The maximum absolute atomic E-state index is 12.6. The molecule has 1 amide bonds. The summed E-state index contributed by atoms with van der Waals surface area (Å²) < 4.78 is 16.0. The second-order valence-corrected chi connectivity index (χ2v) is 7.08. The van der Waals surface area contributed by atoms with Crippen LogP contribution in [0.3, 0.4) is 0 Å². The number of fused-ring (bicyclic) bond motifs is 4. The predicted octanol–water partition coefficient (Wildman–Crippen LogP) is 3.36. The summed E-state index contributed by atoms with van der Waals surface area (Å²) in [6, 6.07) is 11.2. The molecule has 2 aromatic carbocycles. The molecule has 7 nitrogen and oxygen atoms in total. The number of carbonyl (C=O) groups excluding carboxylic acids is 1. The molecule has 1 aromatic heterocycles. The lowest BCUT2D eigenvalue weighted by molar-refractivity contribution is 0.147. The number of aromatic hydroxyl groups is 1. The van der Waals surface area contributed by atoms with Gasteiger partial charge in [-0.25, -0.2) is 4.79 Å². The van der Waals surface area contributed by atoms with Gasteiger partial charge in [-0.1, -0.05) is 18.2 Å². The van der Waals surface area contributed by atoms with E-state index >= 15 is 0 Å². The highest BCUT2D eigenvalue weighted by atomic mass is 16.6. The van der Waals surface area contributed by atoms with Crippen molar-refractivity contribution in [3.8, 4) is 17.2 Å². The van der Waals surface area contributed by atoms with Crippen molar-refractivity contribution >= 4 is 17.0 Å². The third kappa shape index (κ3) is 2.25. The summed E-state index contributed by atoms with van der Waals surface area (Å²) >= 11 is 0. The first kappa shape index (κ1) is 16.8. The Balaban J connectivity index is 1.76. The van der Waals surface area contributed by atoms with Gasteiger partial charge in [0.1, 0.15) is 12.6 Å². The molecule has 7 heteroatoms. The molecular weight excluding hydrogens is 360 g/mol. The Hall–Kier alpha value is -3.35. The van der Waals surface area contributed by atoms with Gasteiger partial charge in [0.05, 0.1) is 20.3 Å². The summed E-state index contributed by atoms with van der Waals surface area (Å²) in [7, 11) is 2.97. The highest BCUT2D eigenvalue weighted by Gasteiger charge is 2.45. The summed E-state index contributed by atoms with van der Waals surface area (Å²) in [5.41, 5.74) is 3.95. The Morgan fingerprint density at radius 2 is 1.89 bits per heavy atom. The first-order valence-corrected chi connectivity index (χ1v) is 9.11. The fraction of sp³-hybridized carbons (Fsp3) is 0.286. The Morgan fingerprint density at radius 1 is 1.18 bits per heavy atom. The van der Waals surface area contributed by atoms with Crippen molar-refractivity contribution in [2.24, 2.45) is 0 Å². The van der Waals surface area contributed by atoms with Crippen molar-refractivity contribution in [1.82, 2.24) is 9.88 Å². The van der Waals surface area contributed by atoms with Crippen LogP contribution in [0.2, 0.25) is 0 Å². The number of benzene rings is 2. The fourth-order valence-corrected chi connectivity index (χ4v) is 4.39. The number of phenols is 1. The number of ether oxygens (including phenoxy) is 3. The van der Waals surface area contributed by atoms with Crippen molar-refractivity contribution < 1.29 is 24.1 Å². The van der Waals surface area contributed by atoms with Gasteiger partial charge >= 0.3 is 6.09 Å². The van der Waals surface area contributed by atoms with Crippen LogP contribution in [0.4, 0.5) is 4.79 Å². The molecule has 3 heterocycles. The topological polar surface area (TPSA) is 84.0 Å². The first-order valence-electron chi connectivity index (χ1n) is 9.11. The number of phenolic OH excluding ortho intramolecular Hbond substituents is 1. The monoisotopic (exact) mass is 380 g/mol. The zero-order valence-corrected chi connectivity index (χ0v) is 15.6. The molecule has 2 atom stereocenters. The molecule has 144 valence electrons. The molecule has 1 unspecified atom stereocenters. The number of carbonyl (C=O) groups is 1. The number of methoxy groups -OCH3 is 2. The molecular formula is C21H20N2O5. The Kier molecular flexibility index (Phi) is 3.65. The fourth-order valence-electron chi connectivity index (χ4n) is 4.39. The summed E-state index contributed by atoms with van der Waals surface area (Å²) in [5, 5.41) is 11.4. The minimum absolute atomic E-state index is 0.0463. The molecule has 2 aliphatic heterocycles. The molecule has 1 saturated heterocycles. The number of cyclic esters (lactones) is 1. The smallest absolute Gasteiger partial charge is 0.411 e. The van der Waals surface area contributed by atoms with E-state index in [0.717, 1.165) is 28.6 Å². The molecule has 0 radical (unpaired) electrons. The van der Waals surface area contributed by atoms with Crippen LogP contribution in [-0.2, 0) is 11.2 Å². The normalized spacial score (nSPS) is 20.6. The summed E-state index contributed by atoms with van der Waals surface area (Å²) in [6.45, 7) is 0.362. The minimum Gasteiger partial charge on any atom is -0.502 e. The Morgan fingerprint density at radius 3 is 2.61 bits per heavy atom. The van der Waals surface area contributed by atoms with Crippen LogP contribution in [0.5, 0.6) is 17.2 Å². The van der Waals surface area contributed by atoms with Gasteiger partial charge < -0.3 is 24.3 Å². The summed E-state index contributed by atoms with van der Waals surface area (Å²) in [5.74, 6) is 0.519. The van der Waals surface area contributed by atoms with E-state index in [1.807, 2.05) is 18.2 Å². The van der Waals surface area contributed by atoms with Gasteiger partial charge in [-0.05, 0) is 35.7 Å². The maximum Gasteiger partial charge on any atom is 0.411 e. The highest BCUT2D eigenvalue weighted by molar-refractivity contribution is 5.86. The predicted molar refractivity (Wildman–Crippen MR) is 102 cm³/mol. The van der Waals surface area contributed by atoms with Crippen LogP contribution in [-0.4, -0.2) is 48.0 Å². The molecule has 3 aromatic rings. The minimum atomic E-state index is -0.389. The van der Waals surface area contributed by atoms with Gasteiger partial charge in [0, 0.05) is 16.6 Å². The number of hydrogen-bond acceptors (Lipinski definition) is 5. The number of rotatable bonds is 3. The molecule has 0 bridgehead atoms. The van der Waals surface area contributed by atoms with E-state index < -0.39 is 0 Å². The van der Waals surface area contributed by atoms with E-state index in [4.69, 9.17) is 14.2 Å². The quantitative estimate of drug-likeness (QED) is 0.728. The van der Waals surface area contributed by atoms with Crippen molar-refractivity contribution in [3.05, 3.63) is 53.2 Å². The van der Waals surface area contributed by atoms with Crippen LogP contribution < -0.4 is 9.47 Å². The number of nitrogens with zero attached hydrogens (tertiary/aromatic N) is 1. The molecule has 1 fully saturated rings. The van der Waals surface area contributed by atoms with Crippen LogP contribution in [0, 0.1) is 0 Å². The molecule has 0 saturated carbocycles. The molecule has 28 heavy (non-hydrogen) atoms. The molecule has 2 aliphatic rings. The zero-order chi connectivity index (χ0) is 19.4. The first-order chi connectivity index (χ1) is 13.6. The Labute approximate surface area is 161 Å². The van der Waals surface area contributed by atoms with E-state index in [1.165, 1.54) is 19.8 Å². The van der Waals surface area contributed by atoms with Gasteiger partial charge in [0.25, 0.3) is 0 Å². The lowest BCUT2D eigenvalue weighted by atomic mass is 9.89. The number of amides is 1. The second kappa shape index (κ2) is 6.09. The molecule has 0 spiro atoms. The van der Waals surface area contributed by atoms with Crippen LogP contribution in [0.1, 0.15) is 22.9 Å². The van der Waals surface area contributed by atoms with E-state index in [1.54, 1.807) is 17.0 Å². The third-order valence-electron chi connectivity index (χ3n) is 5.66. The average molecular weight is 380 g/mol. The van der Waals surface area contributed by atoms with Gasteiger partial charge in [-0.2, -0.15) is 0 Å². The maximum atomic E-state index is 12.6. The second-order valence-electron chi connectivity index (χ2n) is 7.08. The van der Waals surface area contributed by atoms with Crippen molar-refractivity contribution in [2.45, 2.75) is 18.5 Å². The van der Waals surface area contributed by atoms with Gasteiger partial charge in [0.2, 0.25) is 5.75 Å². The van der Waals surface area contributed by atoms with Crippen LogP contribution >= 0.6 is 0 Å². The highest BCUT2D eigenvalue weighted by Crippen LogP contribution is 2.46. The van der Waals surface area contributed by atoms with E-state index in [9.17, 15) is 9.90 Å². The summed E-state index contributed by atoms with van der Waals surface area (Å²) in [6.07, 6.45) is 0.388. The lowest BCUT2D eigenvalue weighted by Crippen LogP contribution is -2.42. The Bertz CT molecular complexity index is 1060. The SMILES string of the molecule is COc1cc([C@@H]2c3[nH]c4ccccc4c3CC3COC(=O)N32)cc(OC)c1O. The largest absolute Gasteiger partial charge is 0.502 e.